The van der Waals surface area contributed by atoms with E-state index >= 15 is 0 Å². The lowest BCUT2D eigenvalue weighted by Crippen LogP contribution is -2.37. The van der Waals surface area contributed by atoms with Crippen molar-refractivity contribution in [1.82, 2.24) is 9.78 Å². The van der Waals surface area contributed by atoms with Gasteiger partial charge in [-0.15, -0.1) is 0 Å². The van der Waals surface area contributed by atoms with Gasteiger partial charge >= 0.3 is 5.97 Å². The quantitative estimate of drug-likeness (QED) is 0.919. The standard InChI is InChI=1S/C15H17N3O4S/c1-10-9-16-17(2)14(10)23(21,22)18-8-4-6-11-12(15(19)20)5-3-7-13(11)18/h3,5,7,9H,4,6,8H2,1-2H3,(H,19,20). The van der Waals surface area contributed by atoms with Crippen molar-refractivity contribution in [3.63, 3.8) is 0 Å². The van der Waals surface area contributed by atoms with Crippen LogP contribution in [-0.4, -0.2) is 35.8 Å². The van der Waals surface area contributed by atoms with Gasteiger partial charge in [-0.2, -0.15) is 13.5 Å². The van der Waals surface area contributed by atoms with Gasteiger partial charge in [0.1, 0.15) is 0 Å². The third kappa shape index (κ3) is 2.39. The van der Waals surface area contributed by atoms with Gasteiger partial charge < -0.3 is 5.11 Å². The number of nitrogens with zero attached hydrogens (tertiary/aromatic N) is 3. The normalized spacial score (nSPS) is 14.6. The predicted molar refractivity (Wildman–Crippen MR) is 84.2 cm³/mol. The van der Waals surface area contributed by atoms with Gasteiger partial charge in [-0.3, -0.25) is 8.99 Å². The number of hydrogen-bond acceptors (Lipinski definition) is 4. The van der Waals surface area contributed by atoms with Crippen molar-refractivity contribution in [2.75, 3.05) is 10.8 Å². The van der Waals surface area contributed by atoms with Gasteiger partial charge in [-0.05, 0) is 37.5 Å². The second kappa shape index (κ2) is 5.38. The highest BCUT2D eigenvalue weighted by Gasteiger charge is 2.33. The molecule has 1 N–H and O–H groups in total. The van der Waals surface area contributed by atoms with E-state index in [1.165, 1.54) is 21.3 Å². The molecule has 8 heteroatoms. The molecule has 1 aromatic heterocycles. The van der Waals surface area contributed by atoms with Gasteiger partial charge in [0.25, 0.3) is 10.0 Å². The zero-order valence-corrected chi connectivity index (χ0v) is 13.7. The Morgan fingerprint density at radius 2 is 2.09 bits per heavy atom. The van der Waals surface area contributed by atoms with Crippen LogP contribution in [0.1, 0.15) is 27.9 Å². The maximum atomic E-state index is 13.1. The van der Waals surface area contributed by atoms with Crippen LogP contribution in [0.2, 0.25) is 0 Å². The van der Waals surface area contributed by atoms with Crippen molar-refractivity contribution in [2.45, 2.75) is 24.8 Å². The first-order valence-corrected chi connectivity index (χ1v) is 8.64. The van der Waals surface area contributed by atoms with E-state index in [0.29, 0.717) is 36.2 Å². The van der Waals surface area contributed by atoms with Crippen molar-refractivity contribution in [3.05, 3.63) is 41.1 Å². The monoisotopic (exact) mass is 335 g/mol. The summed E-state index contributed by atoms with van der Waals surface area (Å²) in [4.78, 5) is 11.4. The Bertz CT molecular complexity index is 867. The molecule has 0 aliphatic carbocycles. The van der Waals surface area contributed by atoms with E-state index in [2.05, 4.69) is 5.10 Å². The minimum Gasteiger partial charge on any atom is -0.478 e. The van der Waals surface area contributed by atoms with Gasteiger partial charge in [0.2, 0.25) is 0 Å². The lowest BCUT2D eigenvalue weighted by Gasteiger charge is -2.31. The molecule has 23 heavy (non-hydrogen) atoms. The summed E-state index contributed by atoms with van der Waals surface area (Å²) in [5, 5.41) is 13.4. The first kappa shape index (κ1) is 15.5. The predicted octanol–water partition coefficient (Wildman–Crippen LogP) is 1.57. The summed E-state index contributed by atoms with van der Waals surface area (Å²) < 4.78 is 28.7. The summed E-state index contributed by atoms with van der Waals surface area (Å²) >= 11 is 0. The van der Waals surface area contributed by atoms with Crippen LogP contribution < -0.4 is 4.31 Å². The van der Waals surface area contributed by atoms with E-state index in [0.717, 1.165) is 0 Å². The summed E-state index contributed by atoms with van der Waals surface area (Å²) in [6.07, 6.45) is 2.63. The Balaban J connectivity index is 2.18. The molecule has 2 aromatic rings. The maximum absolute atomic E-state index is 13.1. The zero-order valence-electron chi connectivity index (χ0n) is 12.9. The van der Waals surface area contributed by atoms with E-state index in [1.54, 1.807) is 26.1 Å². The van der Waals surface area contributed by atoms with Crippen LogP contribution in [0.25, 0.3) is 0 Å². The third-order valence-electron chi connectivity index (χ3n) is 4.03. The van der Waals surface area contributed by atoms with Crippen LogP contribution in [0.3, 0.4) is 0 Å². The average Bonchev–Trinajstić information content (AvgIpc) is 2.85. The number of anilines is 1. The molecule has 122 valence electrons. The highest BCUT2D eigenvalue weighted by Crippen LogP contribution is 2.34. The molecule has 0 saturated carbocycles. The molecule has 2 heterocycles. The number of carboxylic acids is 1. The van der Waals surface area contributed by atoms with Crippen molar-refractivity contribution < 1.29 is 18.3 Å². The SMILES string of the molecule is Cc1cnn(C)c1S(=O)(=O)N1CCCc2c(C(=O)O)cccc21. The molecule has 0 unspecified atom stereocenters. The van der Waals surface area contributed by atoms with Gasteiger partial charge in [0.05, 0.1) is 17.4 Å². The van der Waals surface area contributed by atoms with Gasteiger partial charge in [0.15, 0.2) is 5.03 Å². The molecule has 1 aliphatic heterocycles. The second-order valence-electron chi connectivity index (χ2n) is 5.55. The van der Waals surface area contributed by atoms with E-state index in [4.69, 9.17) is 0 Å². The number of hydrogen-bond donors (Lipinski definition) is 1. The number of aromatic carboxylic acids is 1. The summed E-state index contributed by atoms with van der Waals surface area (Å²) in [5.41, 5.74) is 1.73. The van der Waals surface area contributed by atoms with Crippen LogP contribution in [0, 0.1) is 6.92 Å². The number of benzene rings is 1. The Kier molecular flexibility index (Phi) is 3.63. The smallest absolute Gasteiger partial charge is 0.336 e. The average molecular weight is 335 g/mol. The highest BCUT2D eigenvalue weighted by atomic mass is 32.2. The molecule has 0 radical (unpaired) electrons. The van der Waals surface area contributed by atoms with E-state index < -0.39 is 16.0 Å². The van der Waals surface area contributed by atoms with Gasteiger partial charge in [0, 0.05) is 19.2 Å². The van der Waals surface area contributed by atoms with E-state index in [1.807, 2.05) is 0 Å². The molecule has 0 saturated heterocycles. The summed E-state index contributed by atoms with van der Waals surface area (Å²) in [6, 6.07) is 4.74. The zero-order chi connectivity index (χ0) is 16.8. The lowest BCUT2D eigenvalue weighted by atomic mass is 9.98. The molecular weight excluding hydrogens is 318 g/mol. The van der Waals surface area contributed by atoms with Crippen molar-refractivity contribution in [2.24, 2.45) is 7.05 Å². The minimum absolute atomic E-state index is 0.131. The number of sulfonamides is 1. The van der Waals surface area contributed by atoms with Crippen LogP contribution >= 0.6 is 0 Å². The number of rotatable bonds is 3. The number of carbonyl (C=O) groups is 1. The van der Waals surface area contributed by atoms with E-state index in [-0.39, 0.29) is 10.6 Å². The van der Waals surface area contributed by atoms with Crippen LogP contribution in [-0.2, 0) is 23.5 Å². The van der Waals surface area contributed by atoms with Crippen molar-refractivity contribution >= 4 is 21.7 Å². The van der Waals surface area contributed by atoms with Crippen molar-refractivity contribution in [3.8, 4) is 0 Å². The van der Waals surface area contributed by atoms with Crippen molar-refractivity contribution in [1.29, 1.82) is 0 Å². The van der Waals surface area contributed by atoms with E-state index in [9.17, 15) is 18.3 Å². The van der Waals surface area contributed by atoms with Crippen LogP contribution in [0.15, 0.2) is 29.4 Å². The Hall–Kier alpha value is -2.35. The molecule has 3 rings (SSSR count). The molecule has 7 nitrogen and oxygen atoms in total. The maximum Gasteiger partial charge on any atom is 0.336 e. The van der Waals surface area contributed by atoms with Crippen LogP contribution in [0.5, 0.6) is 0 Å². The number of aromatic nitrogens is 2. The summed E-state index contributed by atoms with van der Waals surface area (Å²) in [6.45, 7) is 2.02. The fraction of sp³-hybridized carbons (Fsp3) is 0.333. The molecule has 1 aliphatic rings. The minimum atomic E-state index is -3.80. The Morgan fingerprint density at radius 3 is 2.70 bits per heavy atom. The number of carboxylic acid groups (broad SMARTS) is 1. The molecule has 1 aromatic carbocycles. The Labute approximate surface area is 134 Å². The fourth-order valence-corrected chi connectivity index (χ4v) is 4.90. The number of aryl methyl sites for hydroxylation is 2. The molecule has 0 fully saturated rings. The largest absolute Gasteiger partial charge is 0.478 e. The topological polar surface area (TPSA) is 92.5 Å². The van der Waals surface area contributed by atoms with Gasteiger partial charge in [-0.25, -0.2) is 4.79 Å². The van der Waals surface area contributed by atoms with Crippen LogP contribution in [0.4, 0.5) is 5.69 Å². The summed E-state index contributed by atoms with van der Waals surface area (Å²) in [5.74, 6) is -1.04. The number of fused-ring (bicyclic) bond motifs is 1. The Morgan fingerprint density at radius 1 is 1.35 bits per heavy atom. The highest BCUT2D eigenvalue weighted by molar-refractivity contribution is 7.92. The molecule has 0 amide bonds. The summed E-state index contributed by atoms with van der Waals surface area (Å²) in [7, 11) is -2.21. The third-order valence-corrected chi connectivity index (χ3v) is 6.06. The second-order valence-corrected chi connectivity index (χ2v) is 7.32. The fourth-order valence-electron chi connectivity index (χ4n) is 3.05. The lowest BCUT2D eigenvalue weighted by molar-refractivity contribution is 0.0695. The molecule has 0 atom stereocenters. The molecular formula is C15H17N3O4S. The van der Waals surface area contributed by atoms with Gasteiger partial charge in [-0.1, -0.05) is 6.07 Å². The first-order chi connectivity index (χ1) is 10.8. The molecule has 0 bridgehead atoms. The first-order valence-electron chi connectivity index (χ1n) is 7.20. The molecule has 0 spiro atoms.